The van der Waals surface area contributed by atoms with Crippen LogP contribution in [0.2, 0.25) is 0 Å². The molecule has 0 radical (unpaired) electrons. The van der Waals surface area contributed by atoms with Crippen LogP contribution in [0.5, 0.6) is 0 Å². The van der Waals surface area contributed by atoms with Crippen LogP contribution in [0, 0.1) is 0 Å². The van der Waals surface area contributed by atoms with E-state index in [2.05, 4.69) is 35.1 Å². The van der Waals surface area contributed by atoms with E-state index >= 15 is 0 Å². The summed E-state index contributed by atoms with van der Waals surface area (Å²) in [5.41, 5.74) is 2.34. The number of hydrogen-bond acceptors (Lipinski definition) is 7. The molecule has 2 aliphatic heterocycles. The number of nitrogens with zero attached hydrogens (tertiary/aromatic N) is 6. The van der Waals surface area contributed by atoms with Crippen molar-refractivity contribution in [2.24, 2.45) is 0 Å². The first-order valence-corrected chi connectivity index (χ1v) is 9.06. The monoisotopic (exact) mass is 353 g/mol. The zero-order chi connectivity index (χ0) is 17.9. The van der Waals surface area contributed by atoms with Gasteiger partial charge in [0.2, 0.25) is 5.91 Å². The Labute approximate surface area is 152 Å². The lowest BCUT2D eigenvalue weighted by Crippen LogP contribution is -2.36. The van der Waals surface area contributed by atoms with Crippen molar-refractivity contribution >= 4 is 17.5 Å². The van der Waals surface area contributed by atoms with Gasteiger partial charge in [-0.25, -0.2) is 15.0 Å². The molecule has 136 valence electrons. The zero-order valence-corrected chi connectivity index (χ0v) is 14.9. The second-order valence-corrected chi connectivity index (χ2v) is 6.81. The summed E-state index contributed by atoms with van der Waals surface area (Å²) in [5, 5.41) is 3.01. The van der Waals surface area contributed by atoms with Crippen molar-refractivity contribution < 1.29 is 4.79 Å². The lowest BCUT2D eigenvalue weighted by Gasteiger charge is -2.22. The maximum atomic E-state index is 11.3. The van der Waals surface area contributed by atoms with Crippen LogP contribution in [0.25, 0.3) is 0 Å². The third kappa shape index (κ3) is 3.44. The number of rotatable bonds is 3. The van der Waals surface area contributed by atoms with Gasteiger partial charge in [0.05, 0.1) is 11.9 Å². The van der Waals surface area contributed by atoms with Crippen LogP contribution in [-0.2, 0) is 17.6 Å². The van der Waals surface area contributed by atoms with Crippen LogP contribution in [0.4, 0.5) is 11.6 Å². The van der Waals surface area contributed by atoms with Gasteiger partial charge in [0.15, 0.2) is 0 Å². The molecule has 4 heterocycles. The first-order valence-electron chi connectivity index (χ1n) is 9.06. The van der Waals surface area contributed by atoms with Crippen LogP contribution in [0.1, 0.15) is 24.6 Å². The molecule has 0 bridgehead atoms. The summed E-state index contributed by atoms with van der Waals surface area (Å²) in [6, 6.07) is 0.194. The highest BCUT2D eigenvalue weighted by Gasteiger charge is 2.28. The van der Waals surface area contributed by atoms with Crippen LogP contribution < -0.4 is 15.1 Å². The fourth-order valence-electron chi connectivity index (χ4n) is 3.82. The lowest BCUT2D eigenvalue weighted by molar-refractivity contribution is -0.119. The van der Waals surface area contributed by atoms with Crippen molar-refractivity contribution in [2.75, 3.05) is 36.0 Å². The number of aromatic nitrogens is 4. The number of fused-ring (bicyclic) bond motifs is 1. The minimum absolute atomic E-state index is 0.0259. The summed E-state index contributed by atoms with van der Waals surface area (Å²) >= 11 is 0. The van der Waals surface area contributed by atoms with E-state index in [1.165, 1.54) is 5.56 Å². The average molecular weight is 353 g/mol. The Morgan fingerprint density at radius 2 is 2.00 bits per heavy atom. The van der Waals surface area contributed by atoms with Gasteiger partial charge in [0.25, 0.3) is 0 Å². The number of carbonyl (C=O) groups excluding carboxylic acids is 1. The molecule has 0 unspecified atom stereocenters. The Hall–Kier alpha value is -2.77. The molecule has 2 aromatic rings. The average Bonchev–Trinajstić information content (AvgIpc) is 2.98. The molecule has 0 aliphatic carbocycles. The Kier molecular flexibility index (Phi) is 4.64. The molecule has 8 heteroatoms. The second kappa shape index (κ2) is 7.23. The van der Waals surface area contributed by atoms with E-state index in [0.717, 1.165) is 62.8 Å². The fourth-order valence-corrected chi connectivity index (χ4v) is 3.82. The number of anilines is 2. The van der Waals surface area contributed by atoms with Crippen LogP contribution in [0.15, 0.2) is 24.9 Å². The van der Waals surface area contributed by atoms with Crippen LogP contribution in [-0.4, -0.2) is 58.1 Å². The lowest BCUT2D eigenvalue weighted by atomic mass is 10.1. The zero-order valence-electron chi connectivity index (χ0n) is 14.9. The predicted molar refractivity (Wildman–Crippen MR) is 98.1 cm³/mol. The Balaban J connectivity index is 1.52. The van der Waals surface area contributed by atoms with E-state index in [1.807, 2.05) is 0 Å². The number of amides is 1. The van der Waals surface area contributed by atoms with Gasteiger partial charge in [0, 0.05) is 63.5 Å². The van der Waals surface area contributed by atoms with Crippen molar-refractivity contribution in [1.82, 2.24) is 25.3 Å². The van der Waals surface area contributed by atoms with E-state index in [0.29, 0.717) is 0 Å². The normalized spacial score (nSPS) is 19.8. The van der Waals surface area contributed by atoms with Gasteiger partial charge in [-0.05, 0) is 12.8 Å². The van der Waals surface area contributed by atoms with Gasteiger partial charge in [-0.2, -0.15) is 0 Å². The highest BCUT2D eigenvalue weighted by molar-refractivity contribution is 5.73. The van der Waals surface area contributed by atoms with Crippen LogP contribution >= 0.6 is 0 Å². The summed E-state index contributed by atoms with van der Waals surface area (Å²) < 4.78 is 0. The molecule has 0 spiro atoms. The highest BCUT2D eigenvalue weighted by atomic mass is 16.1. The number of nitrogens with one attached hydrogen (secondary N) is 1. The molecule has 1 atom stereocenters. The van der Waals surface area contributed by atoms with Gasteiger partial charge >= 0.3 is 0 Å². The summed E-state index contributed by atoms with van der Waals surface area (Å²) in [4.78, 5) is 33.6. The first-order chi connectivity index (χ1) is 12.7. The summed E-state index contributed by atoms with van der Waals surface area (Å²) in [6.45, 7) is 5.02. The van der Waals surface area contributed by atoms with E-state index in [-0.39, 0.29) is 11.9 Å². The van der Waals surface area contributed by atoms with E-state index in [1.54, 1.807) is 31.8 Å². The highest BCUT2D eigenvalue weighted by Crippen LogP contribution is 2.27. The maximum Gasteiger partial charge on any atom is 0.217 e. The van der Waals surface area contributed by atoms with Crippen molar-refractivity contribution in [3.05, 3.63) is 36.2 Å². The summed E-state index contributed by atoms with van der Waals surface area (Å²) in [5.74, 6) is 1.95. The minimum atomic E-state index is 0.0259. The Bertz CT molecular complexity index is 782. The van der Waals surface area contributed by atoms with E-state index < -0.39 is 0 Å². The molecular weight excluding hydrogens is 330 g/mol. The van der Waals surface area contributed by atoms with E-state index in [9.17, 15) is 4.79 Å². The molecule has 1 amide bonds. The van der Waals surface area contributed by atoms with Gasteiger partial charge in [-0.15, -0.1) is 0 Å². The van der Waals surface area contributed by atoms with Crippen molar-refractivity contribution in [1.29, 1.82) is 0 Å². The second-order valence-electron chi connectivity index (χ2n) is 6.81. The minimum Gasteiger partial charge on any atom is -0.355 e. The number of hydrogen-bond donors (Lipinski definition) is 1. The van der Waals surface area contributed by atoms with Crippen molar-refractivity contribution in [3.8, 4) is 0 Å². The van der Waals surface area contributed by atoms with E-state index in [4.69, 9.17) is 0 Å². The molecule has 0 saturated carbocycles. The van der Waals surface area contributed by atoms with Crippen molar-refractivity contribution in [2.45, 2.75) is 32.2 Å². The molecule has 1 fully saturated rings. The quantitative estimate of drug-likeness (QED) is 0.864. The molecule has 1 saturated heterocycles. The molecular formula is C18H23N7O. The van der Waals surface area contributed by atoms with Gasteiger partial charge in [-0.3, -0.25) is 9.78 Å². The SMILES string of the molecule is CC(=O)N[C@@H]1CCN(c2ncnc3c2CCN(c2cnccn2)CC3)C1. The smallest absolute Gasteiger partial charge is 0.217 e. The molecule has 4 rings (SSSR count). The third-order valence-electron chi connectivity index (χ3n) is 5.03. The fraction of sp³-hybridized carbons (Fsp3) is 0.500. The van der Waals surface area contributed by atoms with Crippen molar-refractivity contribution in [3.63, 3.8) is 0 Å². The molecule has 2 aromatic heterocycles. The van der Waals surface area contributed by atoms with Crippen LogP contribution in [0.3, 0.4) is 0 Å². The predicted octanol–water partition coefficient (Wildman–Crippen LogP) is 0.587. The largest absolute Gasteiger partial charge is 0.355 e. The molecule has 26 heavy (non-hydrogen) atoms. The van der Waals surface area contributed by atoms with Gasteiger partial charge in [-0.1, -0.05) is 0 Å². The van der Waals surface area contributed by atoms with Gasteiger partial charge < -0.3 is 15.1 Å². The topological polar surface area (TPSA) is 87.1 Å². The number of carbonyl (C=O) groups is 1. The maximum absolute atomic E-state index is 11.3. The molecule has 2 aliphatic rings. The molecule has 8 nitrogen and oxygen atoms in total. The summed E-state index contributed by atoms with van der Waals surface area (Å²) in [6.07, 6.45) is 9.58. The Morgan fingerprint density at radius 3 is 2.81 bits per heavy atom. The molecule has 0 aromatic carbocycles. The Morgan fingerprint density at radius 1 is 1.12 bits per heavy atom. The summed E-state index contributed by atoms with van der Waals surface area (Å²) in [7, 11) is 0. The molecule has 1 N–H and O–H groups in total. The van der Waals surface area contributed by atoms with Gasteiger partial charge in [0.1, 0.15) is 18.0 Å². The standard InChI is InChI=1S/C18H23N7O/c1-13(26)23-14-2-7-25(11-14)18-15-3-8-24(17-10-19-5-6-20-17)9-4-16(15)21-12-22-18/h5-6,10,12,14H,2-4,7-9,11H2,1H3,(H,23,26)/t14-/m1/s1. The first kappa shape index (κ1) is 16.7. The third-order valence-corrected chi connectivity index (χ3v) is 5.03.